The third-order valence-electron chi connectivity index (χ3n) is 4.71. The van der Waals surface area contributed by atoms with Crippen molar-refractivity contribution in [2.75, 3.05) is 19.6 Å². The van der Waals surface area contributed by atoms with Gasteiger partial charge in [-0.1, -0.05) is 34.6 Å². The number of hydrogen-bond acceptors (Lipinski definition) is 3. The molecule has 0 aliphatic carbocycles. The molecule has 0 spiro atoms. The maximum absolute atomic E-state index is 6.14. The predicted molar refractivity (Wildman–Crippen MR) is 96.2 cm³/mol. The molecule has 0 bridgehead atoms. The van der Waals surface area contributed by atoms with Gasteiger partial charge in [0.2, 0.25) is 0 Å². The molecule has 0 aromatic carbocycles. The zero-order chi connectivity index (χ0) is 17.1. The maximum Gasteiger partial charge on any atom is 0.458 e. The second-order valence-electron chi connectivity index (χ2n) is 9.03. The topological polar surface area (TPSA) is 21.7 Å². The zero-order valence-electron chi connectivity index (χ0n) is 16.4. The van der Waals surface area contributed by atoms with Gasteiger partial charge in [0.15, 0.2) is 0 Å². The average molecular weight is 311 g/mol. The van der Waals surface area contributed by atoms with Crippen molar-refractivity contribution in [3.63, 3.8) is 0 Å². The highest BCUT2D eigenvalue weighted by Gasteiger charge is 2.51. The van der Waals surface area contributed by atoms with E-state index < -0.39 is 0 Å². The molecule has 0 amide bonds. The molecule has 0 N–H and O–H groups in total. The van der Waals surface area contributed by atoms with Crippen molar-refractivity contribution in [2.45, 2.75) is 79.8 Å². The highest BCUT2D eigenvalue weighted by Crippen LogP contribution is 2.38. The summed E-state index contributed by atoms with van der Waals surface area (Å²) in [5.74, 6) is 2.00. The van der Waals surface area contributed by atoms with Gasteiger partial charge in [0.05, 0.1) is 11.2 Å². The summed E-state index contributed by atoms with van der Waals surface area (Å²) in [7, 11) is -0.0695. The van der Waals surface area contributed by atoms with Crippen molar-refractivity contribution < 1.29 is 9.31 Å². The lowest BCUT2D eigenvalue weighted by Gasteiger charge is -2.32. The lowest BCUT2D eigenvalue weighted by atomic mass is 9.78. The predicted octanol–water partition coefficient (Wildman–Crippen LogP) is 4.33. The first-order valence-corrected chi connectivity index (χ1v) is 9.01. The summed E-state index contributed by atoms with van der Waals surface area (Å²) in [5.41, 5.74) is -0.431. The lowest BCUT2D eigenvalue weighted by Crippen LogP contribution is -2.41. The molecule has 1 atom stereocenters. The van der Waals surface area contributed by atoms with Crippen molar-refractivity contribution in [1.82, 2.24) is 4.90 Å². The van der Waals surface area contributed by atoms with Gasteiger partial charge in [-0.2, -0.15) is 0 Å². The molecule has 0 radical (unpaired) electrons. The Labute approximate surface area is 139 Å². The second kappa shape index (κ2) is 7.68. The van der Waals surface area contributed by atoms with E-state index in [1.54, 1.807) is 0 Å². The van der Waals surface area contributed by atoms with E-state index in [4.69, 9.17) is 9.31 Å². The molecule has 1 rings (SSSR count). The first-order valence-electron chi connectivity index (χ1n) is 9.01. The summed E-state index contributed by atoms with van der Waals surface area (Å²) in [4.78, 5) is 2.60. The molecule has 22 heavy (non-hydrogen) atoms. The van der Waals surface area contributed by atoms with Gasteiger partial charge in [0, 0.05) is 19.6 Å². The molecule has 4 heteroatoms. The lowest BCUT2D eigenvalue weighted by molar-refractivity contribution is 0.00578. The van der Waals surface area contributed by atoms with Crippen LogP contribution >= 0.6 is 0 Å². The molecule has 3 nitrogen and oxygen atoms in total. The van der Waals surface area contributed by atoms with Crippen LogP contribution in [0.5, 0.6) is 0 Å². The Morgan fingerprint density at radius 2 is 1.18 bits per heavy atom. The Morgan fingerprint density at radius 3 is 1.55 bits per heavy atom. The molecular formula is C18H38BNO2. The summed E-state index contributed by atoms with van der Waals surface area (Å²) < 4.78 is 12.3. The SMILES string of the molecule is CC(C)CN(CC(C)C)CC(C)CB1OC(C)(C)C(C)(C)O1. The van der Waals surface area contributed by atoms with Crippen LogP contribution in [-0.4, -0.2) is 42.9 Å². The van der Waals surface area contributed by atoms with Crippen molar-refractivity contribution in [2.24, 2.45) is 17.8 Å². The standard InChI is InChI=1S/C18H38BNO2/c1-14(2)11-20(12-15(3)4)13-16(5)10-19-21-17(6,7)18(8,9)22-19/h14-16H,10-13H2,1-9H3. The minimum Gasteiger partial charge on any atom is -0.403 e. The zero-order valence-corrected chi connectivity index (χ0v) is 16.4. The highest BCUT2D eigenvalue weighted by atomic mass is 16.7. The third kappa shape index (κ3) is 5.86. The van der Waals surface area contributed by atoms with Crippen LogP contribution in [0, 0.1) is 17.8 Å². The maximum atomic E-state index is 6.14. The highest BCUT2D eigenvalue weighted by molar-refractivity contribution is 6.45. The smallest absolute Gasteiger partial charge is 0.403 e. The Morgan fingerprint density at radius 1 is 0.773 bits per heavy atom. The van der Waals surface area contributed by atoms with Gasteiger partial charge in [0.25, 0.3) is 0 Å². The fourth-order valence-electron chi connectivity index (χ4n) is 3.16. The van der Waals surface area contributed by atoms with Crippen LogP contribution in [0.15, 0.2) is 0 Å². The van der Waals surface area contributed by atoms with Crippen molar-refractivity contribution in [3.05, 3.63) is 0 Å². The monoisotopic (exact) mass is 311 g/mol. The summed E-state index contributed by atoms with van der Waals surface area (Å²) in [5, 5.41) is 0. The fraction of sp³-hybridized carbons (Fsp3) is 1.00. The number of rotatable bonds is 8. The molecule has 1 saturated heterocycles. The molecule has 0 aromatic rings. The van der Waals surface area contributed by atoms with E-state index in [9.17, 15) is 0 Å². The summed E-state index contributed by atoms with van der Waals surface area (Å²) in [6.07, 6.45) is 0.972. The molecule has 1 unspecified atom stereocenters. The second-order valence-corrected chi connectivity index (χ2v) is 9.03. The first kappa shape index (κ1) is 20.0. The van der Waals surface area contributed by atoms with Gasteiger partial charge in [-0.25, -0.2) is 0 Å². The Balaban J connectivity index is 2.52. The Bertz CT molecular complexity index is 312. The first-order chi connectivity index (χ1) is 9.93. The van der Waals surface area contributed by atoms with Crippen LogP contribution in [0.1, 0.15) is 62.3 Å². The van der Waals surface area contributed by atoms with Crippen LogP contribution in [0.4, 0.5) is 0 Å². The molecule has 0 saturated carbocycles. The molecule has 1 aliphatic rings. The van der Waals surface area contributed by atoms with Crippen LogP contribution in [-0.2, 0) is 9.31 Å². The minimum atomic E-state index is -0.215. The van der Waals surface area contributed by atoms with Crippen molar-refractivity contribution in [3.8, 4) is 0 Å². The summed E-state index contributed by atoms with van der Waals surface area (Å²) in [6.45, 7) is 23.5. The van der Waals surface area contributed by atoms with E-state index in [0.29, 0.717) is 17.8 Å². The van der Waals surface area contributed by atoms with Gasteiger partial charge < -0.3 is 14.2 Å². The van der Waals surface area contributed by atoms with Crippen LogP contribution in [0.3, 0.4) is 0 Å². The molecule has 1 heterocycles. The number of nitrogens with zero attached hydrogens (tertiary/aromatic N) is 1. The van der Waals surface area contributed by atoms with E-state index in [0.717, 1.165) is 12.9 Å². The molecule has 0 aromatic heterocycles. The molecule has 130 valence electrons. The minimum absolute atomic E-state index is 0.0695. The van der Waals surface area contributed by atoms with E-state index in [1.165, 1.54) is 13.1 Å². The van der Waals surface area contributed by atoms with Gasteiger partial charge in [-0.3, -0.25) is 0 Å². The van der Waals surface area contributed by atoms with E-state index >= 15 is 0 Å². The van der Waals surface area contributed by atoms with Gasteiger partial charge in [-0.05, 0) is 51.8 Å². The average Bonchev–Trinajstić information content (AvgIpc) is 2.43. The van der Waals surface area contributed by atoms with Crippen molar-refractivity contribution >= 4 is 7.12 Å². The van der Waals surface area contributed by atoms with E-state index in [2.05, 4.69) is 67.2 Å². The third-order valence-corrected chi connectivity index (χ3v) is 4.71. The van der Waals surface area contributed by atoms with Crippen LogP contribution in [0.2, 0.25) is 6.32 Å². The van der Waals surface area contributed by atoms with Crippen LogP contribution < -0.4 is 0 Å². The normalized spacial score (nSPS) is 22.1. The Kier molecular flexibility index (Phi) is 6.98. The largest absolute Gasteiger partial charge is 0.458 e. The quantitative estimate of drug-likeness (QED) is 0.623. The molecule has 1 aliphatic heterocycles. The summed E-state index contributed by atoms with van der Waals surface area (Å²) in [6, 6.07) is 0. The molecule has 1 fully saturated rings. The van der Waals surface area contributed by atoms with Crippen molar-refractivity contribution in [1.29, 1.82) is 0 Å². The van der Waals surface area contributed by atoms with E-state index in [-0.39, 0.29) is 18.3 Å². The number of hydrogen-bond donors (Lipinski definition) is 0. The molecular weight excluding hydrogens is 273 g/mol. The Hall–Kier alpha value is -0.0551. The summed E-state index contributed by atoms with van der Waals surface area (Å²) >= 11 is 0. The van der Waals surface area contributed by atoms with Gasteiger partial charge >= 0.3 is 7.12 Å². The van der Waals surface area contributed by atoms with E-state index in [1.807, 2.05) is 0 Å². The van der Waals surface area contributed by atoms with Gasteiger partial charge in [0.1, 0.15) is 0 Å². The van der Waals surface area contributed by atoms with Gasteiger partial charge in [-0.15, -0.1) is 0 Å². The van der Waals surface area contributed by atoms with Crippen LogP contribution in [0.25, 0.3) is 0 Å². The fourth-order valence-corrected chi connectivity index (χ4v) is 3.16.